The maximum atomic E-state index is 9.59. The zero-order valence-electron chi connectivity index (χ0n) is 15.6. The molecule has 0 radical (unpaired) electrons. The molecule has 0 aliphatic carbocycles. The molecule has 0 bridgehead atoms. The van der Waals surface area contributed by atoms with E-state index in [1.165, 1.54) is 29.9 Å². The van der Waals surface area contributed by atoms with Gasteiger partial charge >= 0.3 is 5.97 Å². The molecule has 0 aliphatic rings. The monoisotopic (exact) mass is 365 g/mol. The van der Waals surface area contributed by atoms with Crippen molar-refractivity contribution in [3.63, 3.8) is 0 Å². The molecule has 0 aliphatic heterocycles. The molecule has 0 heterocycles. The minimum absolute atomic E-state index is 0.245. The molecular weight excluding hydrogens is 339 g/mol. The number of methoxy groups -OCH3 is 1. The third-order valence-corrected chi connectivity index (χ3v) is 8.84. The highest BCUT2D eigenvalue weighted by Crippen LogP contribution is 2.54. The maximum Gasteiger partial charge on any atom is 0.302 e. The highest BCUT2D eigenvalue weighted by molar-refractivity contribution is 7.95. The molecule has 3 heteroatoms. The Morgan fingerprint density at radius 1 is 0.731 bits per heavy atom. The normalized spacial score (nSPS) is 10.4. The van der Waals surface area contributed by atoms with Gasteiger partial charge in [-0.1, -0.05) is 54.6 Å². The van der Waals surface area contributed by atoms with Crippen LogP contribution in [0.4, 0.5) is 0 Å². The third-order valence-electron chi connectivity index (χ3n) is 4.35. The standard InChI is InChI=1S/C20H20P.C3H6O2/c1-2-21(18-12-6-3-7-13-18,19-14-8-4-9-15-19)20-16-10-5-11-17-20;1-3(4)5-2/h3-17H,2H2,1H3;1-2H3/q+1;. The average Bonchev–Trinajstić information content (AvgIpc) is 2.72. The van der Waals surface area contributed by atoms with Gasteiger partial charge in [-0.25, -0.2) is 0 Å². The number of hydrogen-bond acceptors (Lipinski definition) is 2. The van der Waals surface area contributed by atoms with Crippen molar-refractivity contribution >= 4 is 29.1 Å². The third kappa shape index (κ3) is 4.59. The first kappa shape index (κ1) is 19.9. The van der Waals surface area contributed by atoms with Crippen LogP contribution in [0.5, 0.6) is 0 Å². The molecule has 3 aromatic rings. The fraction of sp³-hybridized carbons (Fsp3) is 0.174. The quantitative estimate of drug-likeness (QED) is 0.512. The Labute approximate surface area is 157 Å². The van der Waals surface area contributed by atoms with Crippen LogP contribution in [0.1, 0.15) is 13.8 Å². The average molecular weight is 365 g/mol. The van der Waals surface area contributed by atoms with Crippen LogP contribution >= 0.6 is 7.26 Å². The Balaban J connectivity index is 0.000000431. The van der Waals surface area contributed by atoms with Crippen molar-refractivity contribution in [3.05, 3.63) is 91.0 Å². The fourth-order valence-electron chi connectivity index (χ4n) is 3.04. The van der Waals surface area contributed by atoms with Crippen LogP contribution in [0.2, 0.25) is 0 Å². The molecule has 2 nitrogen and oxygen atoms in total. The minimum atomic E-state index is -1.53. The maximum absolute atomic E-state index is 9.59. The van der Waals surface area contributed by atoms with E-state index in [1.54, 1.807) is 0 Å². The van der Waals surface area contributed by atoms with Crippen molar-refractivity contribution in [1.82, 2.24) is 0 Å². The van der Waals surface area contributed by atoms with Crippen LogP contribution in [-0.4, -0.2) is 19.2 Å². The summed E-state index contributed by atoms with van der Waals surface area (Å²) in [5.74, 6) is -0.245. The summed E-state index contributed by atoms with van der Waals surface area (Å²) >= 11 is 0. The first-order chi connectivity index (χ1) is 12.6. The largest absolute Gasteiger partial charge is 0.469 e. The number of benzene rings is 3. The van der Waals surface area contributed by atoms with E-state index in [9.17, 15) is 4.79 Å². The molecule has 0 saturated carbocycles. The van der Waals surface area contributed by atoms with Gasteiger partial charge in [0.2, 0.25) is 0 Å². The van der Waals surface area contributed by atoms with E-state index >= 15 is 0 Å². The second-order valence-electron chi connectivity index (χ2n) is 5.83. The van der Waals surface area contributed by atoms with E-state index < -0.39 is 7.26 Å². The second kappa shape index (κ2) is 9.89. The second-order valence-corrected chi connectivity index (χ2v) is 9.63. The summed E-state index contributed by atoms with van der Waals surface area (Å²) in [6.07, 6.45) is 1.14. The zero-order valence-corrected chi connectivity index (χ0v) is 16.5. The van der Waals surface area contributed by atoms with Gasteiger partial charge in [-0.05, 0) is 43.3 Å². The molecule has 134 valence electrons. The van der Waals surface area contributed by atoms with Crippen molar-refractivity contribution in [1.29, 1.82) is 0 Å². The number of carbonyl (C=O) groups excluding carboxylic acids is 1. The molecule has 0 fully saturated rings. The Kier molecular flexibility index (Phi) is 7.56. The van der Waals surface area contributed by atoms with E-state index in [0.29, 0.717) is 0 Å². The summed E-state index contributed by atoms with van der Waals surface area (Å²) in [4.78, 5) is 9.59. The predicted octanol–water partition coefficient (Wildman–Crippen LogP) is 4.18. The lowest BCUT2D eigenvalue weighted by Crippen LogP contribution is -2.32. The van der Waals surface area contributed by atoms with Crippen LogP contribution in [0.25, 0.3) is 0 Å². The summed E-state index contributed by atoms with van der Waals surface area (Å²) in [6, 6.07) is 33.0. The van der Waals surface area contributed by atoms with Crippen molar-refractivity contribution in [3.8, 4) is 0 Å². The highest BCUT2D eigenvalue weighted by atomic mass is 31.2. The van der Waals surface area contributed by atoms with Gasteiger partial charge in [-0.15, -0.1) is 0 Å². The van der Waals surface area contributed by atoms with E-state index in [2.05, 4.69) is 103 Å². The van der Waals surface area contributed by atoms with Gasteiger partial charge in [0.15, 0.2) is 0 Å². The lowest BCUT2D eigenvalue weighted by atomic mass is 10.4. The molecule has 0 spiro atoms. The lowest BCUT2D eigenvalue weighted by molar-refractivity contribution is -0.137. The van der Waals surface area contributed by atoms with Crippen LogP contribution in [-0.2, 0) is 9.53 Å². The zero-order chi connectivity index (χ0) is 18.8. The van der Waals surface area contributed by atoms with E-state index in [-0.39, 0.29) is 5.97 Å². The molecule has 26 heavy (non-hydrogen) atoms. The van der Waals surface area contributed by atoms with Gasteiger partial charge in [0.25, 0.3) is 0 Å². The lowest BCUT2D eigenvalue weighted by Gasteiger charge is -2.26. The van der Waals surface area contributed by atoms with Crippen molar-refractivity contribution in [2.24, 2.45) is 0 Å². The molecule has 0 atom stereocenters. The first-order valence-corrected chi connectivity index (χ1v) is 10.7. The van der Waals surface area contributed by atoms with Crippen LogP contribution in [0.3, 0.4) is 0 Å². The van der Waals surface area contributed by atoms with Gasteiger partial charge in [-0.3, -0.25) is 4.79 Å². The van der Waals surface area contributed by atoms with Gasteiger partial charge in [-0.2, -0.15) is 0 Å². The highest BCUT2D eigenvalue weighted by Gasteiger charge is 2.43. The summed E-state index contributed by atoms with van der Waals surface area (Å²) in [7, 11) is -0.185. The van der Waals surface area contributed by atoms with E-state index in [4.69, 9.17) is 0 Å². The van der Waals surface area contributed by atoms with Gasteiger partial charge in [0.05, 0.1) is 13.3 Å². The SMILES string of the molecule is CC[P+](c1ccccc1)(c1ccccc1)c1ccccc1.COC(C)=O. The van der Waals surface area contributed by atoms with Crippen LogP contribution in [0.15, 0.2) is 91.0 Å². The Hall–Kier alpha value is -2.44. The van der Waals surface area contributed by atoms with E-state index in [0.717, 1.165) is 6.16 Å². The molecule has 0 unspecified atom stereocenters. The number of esters is 1. The fourth-order valence-corrected chi connectivity index (χ4v) is 7.08. The number of ether oxygens (including phenoxy) is 1. The predicted molar refractivity (Wildman–Crippen MR) is 113 cm³/mol. The molecular formula is C23H26O2P+. The first-order valence-electron chi connectivity index (χ1n) is 8.74. The Bertz CT molecular complexity index is 690. The van der Waals surface area contributed by atoms with Gasteiger partial charge in [0, 0.05) is 6.92 Å². The Morgan fingerprint density at radius 2 is 1.00 bits per heavy atom. The van der Waals surface area contributed by atoms with Crippen molar-refractivity contribution in [2.75, 3.05) is 13.3 Å². The molecule has 0 aromatic heterocycles. The summed E-state index contributed by atoms with van der Waals surface area (Å²) in [6.45, 7) is 3.68. The summed E-state index contributed by atoms with van der Waals surface area (Å²) in [5.41, 5.74) is 0. The number of carbonyl (C=O) groups is 1. The van der Waals surface area contributed by atoms with Crippen LogP contribution < -0.4 is 15.9 Å². The Morgan fingerprint density at radius 3 is 1.19 bits per heavy atom. The van der Waals surface area contributed by atoms with Gasteiger partial charge < -0.3 is 4.74 Å². The molecule has 0 amide bonds. The summed E-state index contributed by atoms with van der Waals surface area (Å²) < 4.78 is 4.11. The van der Waals surface area contributed by atoms with Crippen LogP contribution in [0, 0.1) is 0 Å². The minimum Gasteiger partial charge on any atom is -0.469 e. The van der Waals surface area contributed by atoms with E-state index in [1.807, 2.05) is 0 Å². The summed E-state index contributed by atoms with van der Waals surface area (Å²) in [5, 5.41) is 4.39. The number of hydrogen-bond donors (Lipinski definition) is 0. The molecule has 0 N–H and O–H groups in total. The molecule has 3 rings (SSSR count). The topological polar surface area (TPSA) is 26.3 Å². The van der Waals surface area contributed by atoms with Crippen molar-refractivity contribution in [2.45, 2.75) is 13.8 Å². The molecule has 0 saturated heterocycles. The number of rotatable bonds is 4. The van der Waals surface area contributed by atoms with Crippen molar-refractivity contribution < 1.29 is 9.53 Å². The smallest absolute Gasteiger partial charge is 0.302 e. The molecule has 3 aromatic carbocycles. The van der Waals surface area contributed by atoms with Gasteiger partial charge in [0.1, 0.15) is 23.2 Å².